The molecule has 0 aliphatic carbocycles. The number of nitrogens with one attached hydrogen (secondary N) is 1. The normalized spacial score (nSPS) is 19.6. The van der Waals surface area contributed by atoms with Gasteiger partial charge in [0.25, 0.3) is 0 Å². The van der Waals surface area contributed by atoms with Crippen molar-refractivity contribution in [3.63, 3.8) is 0 Å². The van der Waals surface area contributed by atoms with Gasteiger partial charge in [-0.25, -0.2) is 0 Å². The molecule has 158 valence electrons. The van der Waals surface area contributed by atoms with E-state index in [2.05, 4.69) is 63.9 Å². The maximum atomic E-state index is 9.52. The lowest BCUT2D eigenvalue weighted by Gasteiger charge is -2.22. The molecule has 1 unspecified atom stereocenters. The summed E-state index contributed by atoms with van der Waals surface area (Å²) in [5, 5.41) is 13.0. The number of furan rings is 1. The minimum Gasteiger partial charge on any atom is -0.472 e. The zero-order valence-corrected chi connectivity index (χ0v) is 17.5. The number of aliphatic hydroxyl groups excluding tert-OH is 1. The molecule has 5 nitrogen and oxygen atoms in total. The third kappa shape index (κ3) is 4.33. The number of hydrogen-bond acceptors (Lipinski definition) is 5. The number of aliphatic hydroxyl groups is 1. The third-order valence-electron chi connectivity index (χ3n) is 6.21. The predicted octanol–water partition coefficient (Wildman–Crippen LogP) is 4.79. The van der Waals surface area contributed by atoms with Crippen LogP contribution in [0, 0.1) is 0 Å². The van der Waals surface area contributed by atoms with Crippen LogP contribution in [-0.2, 0) is 6.54 Å². The molecule has 0 radical (unpaired) electrons. The Morgan fingerprint density at radius 1 is 1.13 bits per heavy atom. The highest BCUT2D eigenvalue weighted by Crippen LogP contribution is 2.29. The first-order valence-corrected chi connectivity index (χ1v) is 10.9. The van der Waals surface area contributed by atoms with Crippen molar-refractivity contribution in [2.45, 2.75) is 25.4 Å². The van der Waals surface area contributed by atoms with Crippen molar-refractivity contribution in [3.05, 3.63) is 83.9 Å². The van der Waals surface area contributed by atoms with Gasteiger partial charge in [-0.1, -0.05) is 24.3 Å². The highest BCUT2D eigenvalue weighted by Gasteiger charge is 2.23. The van der Waals surface area contributed by atoms with Crippen LogP contribution in [0.5, 0.6) is 0 Å². The summed E-state index contributed by atoms with van der Waals surface area (Å²) in [4.78, 5) is 6.89. The van der Waals surface area contributed by atoms with E-state index in [0.717, 1.165) is 47.5 Å². The fourth-order valence-corrected chi connectivity index (χ4v) is 4.43. The Bertz CT molecular complexity index is 1080. The Hall–Kier alpha value is -3.15. The maximum Gasteiger partial charge on any atom is 0.0980 e. The lowest BCUT2D eigenvalue weighted by molar-refractivity contribution is 0.153. The van der Waals surface area contributed by atoms with Crippen molar-refractivity contribution in [2.75, 3.05) is 25.0 Å². The highest BCUT2D eigenvalue weighted by atomic mass is 16.3. The quantitative estimate of drug-likeness (QED) is 0.610. The second kappa shape index (κ2) is 8.92. The van der Waals surface area contributed by atoms with Crippen molar-refractivity contribution < 1.29 is 9.52 Å². The number of rotatable bonds is 6. The molecule has 1 saturated heterocycles. The minimum atomic E-state index is 0.249. The van der Waals surface area contributed by atoms with Crippen LogP contribution >= 0.6 is 0 Å². The molecule has 5 heteroatoms. The van der Waals surface area contributed by atoms with E-state index in [1.54, 1.807) is 12.5 Å². The number of aliphatic imine (C=N–C) groups is 1. The Kier molecular flexibility index (Phi) is 5.69. The molecule has 2 aromatic carbocycles. The van der Waals surface area contributed by atoms with E-state index in [0.29, 0.717) is 12.6 Å². The molecule has 0 amide bonds. The molecule has 0 spiro atoms. The van der Waals surface area contributed by atoms with Crippen LogP contribution in [0.2, 0.25) is 0 Å². The topological polar surface area (TPSA) is 61.0 Å². The number of hydrogen-bond donors (Lipinski definition) is 2. The first-order valence-electron chi connectivity index (χ1n) is 10.9. The molecule has 2 aliphatic rings. The minimum absolute atomic E-state index is 0.249. The summed E-state index contributed by atoms with van der Waals surface area (Å²) in [7, 11) is 0. The monoisotopic (exact) mass is 413 g/mol. The highest BCUT2D eigenvalue weighted by molar-refractivity contribution is 5.94. The van der Waals surface area contributed by atoms with Gasteiger partial charge in [0.05, 0.1) is 25.7 Å². The van der Waals surface area contributed by atoms with Gasteiger partial charge in [0.1, 0.15) is 0 Å². The summed E-state index contributed by atoms with van der Waals surface area (Å²) in [5.74, 6) is 0. The van der Waals surface area contributed by atoms with E-state index in [-0.39, 0.29) is 6.61 Å². The van der Waals surface area contributed by atoms with Gasteiger partial charge in [0, 0.05) is 36.3 Å². The summed E-state index contributed by atoms with van der Waals surface area (Å²) >= 11 is 0. The van der Waals surface area contributed by atoms with Crippen LogP contribution in [0.15, 0.2) is 76.7 Å². The molecule has 2 aliphatic heterocycles. The van der Waals surface area contributed by atoms with E-state index < -0.39 is 0 Å². The van der Waals surface area contributed by atoms with Gasteiger partial charge >= 0.3 is 0 Å². The van der Waals surface area contributed by atoms with Crippen molar-refractivity contribution in [2.24, 2.45) is 4.99 Å². The van der Waals surface area contributed by atoms with Gasteiger partial charge in [-0.15, -0.1) is 0 Å². The second-order valence-corrected chi connectivity index (χ2v) is 8.24. The van der Waals surface area contributed by atoms with E-state index >= 15 is 0 Å². The summed E-state index contributed by atoms with van der Waals surface area (Å²) in [6.07, 6.45) is 9.74. The molecular weight excluding hydrogens is 386 g/mol. The van der Waals surface area contributed by atoms with Gasteiger partial charge in [0.15, 0.2) is 0 Å². The van der Waals surface area contributed by atoms with Gasteiger partial charge in [0.2, 0.25) is 0 Å². The Morgan fingerprint density at radius 3 is 2.84 bits per heavy atom. The number of nitrogens with zero attached hydrogens (tertiary/aromatic N) is 2. The molecule has 0 bridgehead atoms. The van der Waals surface area contributed by atoms with Gasteiger partial charge < -0.3 is 14.8 Å². The standard InChI is InChI=1S/C26H27N3O2/c30-17-25-2-1-10-29(25)16-19-3-7-24(8-4-19)28-15-23-14-27-13-21-6-5-20(12-26(21)23)22-9-11-31-18-22/h3-9,11-13,15,18,25,28,30H,1-2,10,14,16-17H2. The zero-order valence-electron chi connectivity index (χ0n) is 17.5. The van der Waals surface area contributed by atoms with Gasteiger partial charge in [-0.3, -0.25) is 9.89 Å². The smallest absolute Gasteiger partial charge is 0.0980 e. The van der Waals surface area contributed by atoms with E-state index in [9.17, 15) is 5.11 Å². The first kappa shape index (κ1) is 19.8. The van der Waals surface area contributed by atoms with Crippen LogP contribution in [-0.4, -0.2) is 42.0 Å². The van der Waals surface area contributed by atoms with Crippen molar-refractivity contribution in [3.8, 4) is 11.1 Å². The van der Waals surface area contributed by atoms with Gasteiger partial charge in [-0.2, -0.15) is 0 Å². The average molecular weight is 414 g/mol. The molecule has 1 fully saturated rings. The lowest BCUT2D eigenvalue weighted by atomic mass is 9.94. The van der Waals surface area contributed by atoms with Gasteiger partial charge in [-0.05, 0) is 71.5 Å². The molecular formula is C26H27N3O2. The maximum absolute atomic E-state index is 9.52. The zero-order chi connectivity index (χ0) is 21.0. The number of anilines is 1. The van der Waals surface area contributed by atoms with Crippen LogP contribution in [0.4, 0.5) is 5.69 Å². The molecule has 31 heavy (non-hydrogen) atoms. The fraction of sp³-hybridized carbons (Fsp3) is 0.269. The van der Waals surface area contributed by atoms with Crippen molar-refractivity contribution in [1.82, 2.24) is 4.90 Å². The molecule has 1 atom stereocenters. The van der Waals surface area contributed by atoms with E-state index in [1.807, 2.05) is 12.3 Å². The summed E-state index contributed by atoms with van der Waals surface area (Å²) in [6, 6.07) is 17.3. The SMILES string of the molecule is OCC1CCCN1Cc1ccc(NC=C2CN=Cc3ccc(-c4ccoc4)cc32)cc1. The Morgan fingerprint density at radius 2 is 2.03 bits per heavy atom. The largest absolute Gasteiger partial charge is 0.472 e. The summed E-state index contributed by atoms with van der Waals surface area (Å²) < 4.78 is 5.24. The number of benzene rings is 2. The average Bonchev–Trinajstić information content (AvgIpc) is 3.50. The molecule has 5 rings (SSSR count). The first-order chi connectivity index (χ1) is 15.3. The lowest BCUT2D eigenvalue weighted by Crippen LogP contribution is -2.31. The Balaban J connectivity index is 1.30. The summed E-state index contributed by atoms with van der Waals surface area (Å²) in [6.45, 7) is 2.87. The molecule has 1 aromatic heterocycles. The number of likely N-dealkylation sites (tertiary alicyclic amines) is 1. The van der Waals surface area contributed by atoms with E-state index in [4.69, 9.17) is 4.42 Å². The van der Waals surface area contributed by atoms with E-state index in [1.165, 1.54) is 17.5 Å². The number of fused-ring (bicyclic) bond motifs is 1. The second-order valence-electron chi connectivity index (χ2n) is 8.24. The Labute approximate surface area is 182 Å². The fourth-order valence-electron chi connectivity index (χ4n) is 4.43. The predicted molar refractivity (Wildman–Crippen MR) is 125 cm³/mol. The van der Waals surface area contributed by atoms with Crippen LogP contribution < -0.4 is 5.32 Å². The molecule has 3 heterocycles. The molecule has 3 aromatic rings. The molecule has 0 saturated carbocycles. The third-order valence-corrected chi connectivity index (χ3v) is 6.21. The van der Waals surface area contributed by atoms with Crippen LogP contribution in [0.1, 0.15) is 29.5 Å². The van der Waals surface area contributed by atoms with Crippen LogP contribution in [0.25, 0.3) is 16.7 Å². The van der Waals surface area contributed by atoms with Crippen molar-refractivity contribution in [1.29, 1.82) is 0 Å². The summed E-state index contributed by atoms with van der Waals surface area (Å²) in [5.41, 5.74) is 8.04. The molecule has 2 N–H and O–H groups in total. The van der Waals surface area contributed by atoms with Crippen molar-refractivity contribution >= 4 is 17.5 Å². The van der Waals surface area contributed by atoms with Crippen LogP contribution in [0.3, 0.4) is 0 Å².